The van der Waals surface area contributed by atoms with Gasteiger partial charge in [-0.05, 0) is 11.1 Å². The molecule has 0 aliphatic rings. The Labute approximate surface area is 126 Å². The minimum Gasteiger partial charge on any atom is -0.505 e. The van der Waals surface area contributed by atoms with Crippen molar-refractivity contribution in [2.24, 2.45) is 5.73 Å². The van der Waals surface area contributed by atoms with Gasteiger partial charge in [-0.2, -0.15) is 5.26 Å². The molecule has 3 aromatic rings. The zero-order valence-electron chi connectivity index (χ0n) is 11.4. The van der Waals surface area contributed by atoms with Crippen molar-refractivity contribution in [1.82, 2.24) is 4.98 Å². The zero-order valence-corrected chi connectivity index (χ0v) is 11.4. The van der Waals surface area contributed by atoms with E-state index in [1.165, 1.54) is 0 Å². The number of primary amides is 1. The number of fused-ring (bicyclic) bond motifs is 1. The highest BCUT2D eigenvalue weighted by molar-refractivity contribution is 6.08. The second-order valence-electron chi connectivity index (χ2n) is 4.73. The van der Waals surface area contributed by atoms with E-state index in [0.29, 0.717) is 16.3 Å². The van der Waals surface area contributed by atoms with Crippen LogP contribution in [0.1, 0.15) is 16.2 Å². The van der Waals surface area contributed by atoms with E-state index in [0.717, 1.165) is 5.56 Å². The molecule has 106 valence electrons. The molecule has 0 atom stereocenters. The minimum absolute atomic E-state index is 0.0550. The van der Waals surface area contributed by atoms with E-state index in [1.54, 1.807) is 12.1 Å². The van der Waals surface area contributed by atoms with Gasteiger partial charge in [-0.15, -0.1) is 0 Å². The second-order valence-corrected chi connectivity index (χ2v) is 4.73. The standard InChI is InChI=1S/C17H11N3O2/c18-9-13-12-8-4-7-11(10-5-2-1-3-6-10)14(12)16(21)15(20-13)17(19)22/h1-8,21H,(H2,19,22). The Hall–Kier alpha value is -3.39. The number of hydrogen-bond acceptors (Lipinski definition) is 4. The summed E-state index contributed by atoms with van der Waals surface area (Å²) in [6.07, 6.45) is 0. The maximum absolute atomic E-state index is 11.5. The van der Waals surface area contributed by atoms with E-state index in [9.17, 15) is 15.2 Å². The molecule has 0 fully saturated rings. The van der Waals surface area contributed by atoms with Crippen LogP contribution >= 0.6 is 0 Å². The molecule has 1 amide bonds. The van der Waals surface area contributed by atoms with Crippen molar-refractivity contribution >= 4 is 16.7 Å². The van der Waals surface area contributed by atoms with Gasteiger partial charge in [0.15, 0.2) is 11.4 Å². The summed E-state index contributed by atoms with van der Waals surface area (Å²) in [6.45, 7) is 0. The lowest BCUT2D eigenvalue weighted by Crippen LogP contribution is -2.14. The number of amides is 1. The largest absolute Gasteiger partial charge is 0.505 e. The van der Waals surface area contributed by atoms with Crippen LogP contribution in [0, 0.1) is 11.3 Å². The van der Waals surface area contributed by atoms with E-state index < -0.39 is 5.91 Å². The number of rotatable bonds is 2. The smallest absolute Gasteiger partial charge is 0.271 e. The third-order valence-electron chi connectivity index (χ3n) is 3.43. The molecule has 1 heterocycles. The number of aromatic hydroxyl groups is 1. The fourth-order valence-electron chi connectivity index (χ4n) is 2.46. The van der Waals surface area contributed by atoms with Gasteiger partial charge in [0.25, 0.3) is 5.91 Å². The van der Waals surface area contributed by atoms with Crippen LogP contribution in [0.4, 0.5) is 0 Å². The first-order valence-corrected chi connectivity index (χ1v) is 6.54. The summed E-state index contributed by atoms with van der Waals surface area (Å²) in [4.78, 5) is 15.3. The lowest BCUT2D eigenvalue weighted by Gasteiger charge is -2.11. The average molecular weight is 289 g/mol. The highest BCUT2D eigenvalue weighted by Gasteiger charge is 2.19. The molecule has 0 unspecified atom stereocenters. The molecule has 1 aromatic heterocycles. The highest BCUT2D eigenvalue weighted by atomic mass is 16.3. The van der Waals surface area contributed by atoms with Crippen LogP contribution in [0.2, 0.25) is 0 Å². The Morgan fingerprint density at radius 1 is 1.14 bits per heavy atom. The molecular weight excluding hydrogens is 278 g/mol. The molecule has 0 bridgehead atoms. The fraction of sp³-hybridized carbons (Fsp3) is 0. The van der Waals surface area contributed by atoms with Crippen molar-refractivity contribution in [2.75, 3.05) is 0 Å². The molecule has 5 heteroatoms. The molecule has 0 aliphatic heterocycles. The molecule has 22 heavy (non-hydrogen) atoms. The third kappa shape index (κ3) is 2.03. The van der Waals surface area contributed by atoms with Crippen LogP contribution in [0.3, 0.4) is 0 Å². The highest BCUT2D eigenvalue weighted by Crippen LogP contribution is 2.37. The molecule has 3 N–H and O–H groups in total. The Morgan fingerprint density at radius 2 is 1.86 bits per heavy atom. The van der Waals surface area contributed by atoms with E-state index in [-0.39, 0.29) is 17.1 Å². The first-order valence-electron chi connectivity index (χ1n) is 6.54. The Bertz CT molecular complexity index is 928. The van der Waals surface area contributed by atoms with E-state index in [2.05, 4.69) is 4.98 Å². The lowest BCUT2D eigenvalue weighted by atomic mass is 9.96. The summed E-state index contributed by atoms with van der Waals surface area (Å²) < 4.78 is 0. The van der Waals surface area contributed by atoms with Crippen LogP contribution in [0.15, 0.2) is 48.5 Å². The van der Waals surface area contributed by atoms with Crippen LogP contribution in [-0.4, -0.2) is 16.0 Å². The zero-order chi connectivity index (χ0) is 15.7. The van der Waals surface area contributed by atoms with Crippen LogP contribution < -0.4 is 5.73 Å². The summed E-state index contributed by atoms with van der Waals surface area (Å²) in [5.74, 6) is -1.18. The first-order chi connectivity index (χ1) is 10.6. The van der Waals surface area contributed by atoms with Gasteiger partial charge in [0.2, 0.25) is 0 Å². The third-order valence-corrected chi connectivity index (χ3v) is 3.43. The molecule has 0 saturated heterocycles. The summed E-state index contributed by atoms with van der Waals surface area (Å²) >= 11 is 0. The Morgan fingerprint density at radius 3 is 2.50 bits per heavy atom. The number of nitrogens with zero attached hydrogens (tertiary/aromatic N) is 2. The summed E-state index contributed by atoms with van der Waals surface area (Å²) in [5.41, 5.74) is 6.56. The van der Waals surface area contributed by atoms with Gasteiger partial charge in [0, 0.05) is 10.8 Å². The molecular formula is C17H11N3O2. The number of aromatic nitrogens is 1. The number of nitriles is 1. The predicted molar refractivity (Wildman–Crippen MR) is 82.1 cm³/mol. The lowest BCUT2D eigenvalue weighted by molar-refractivity contribution is 0.0993. The average Bonchev–Trinajstić information content (AvgIpc) is 2.55. The number of carbonyl (C=O) groups is 1. The molecule has 0 spiro atoms. The van der Waals surface area contributed by atoms with E-state index in [1.807, 2.05) is 42.5 Å². The van der Waals surface area contributed by atoms with E-state index >= 15 is 0 Å². The predicted octanol–water partition coefficient (Wildman–Crippen LogP) is 2.58. The van der Waals surface area contributed by atoms with Crippen molar-refractivity contribution < 1.29 is 9.90 Å². The van der Waals surface area contributed by atoms with Gasteiger partial charge in [0.1, 0.15) is 11.8 Å². The Kier molecular flexibility index (Phi) is 3.20. The van der Waals surface area contributed by atoms with Crippen molar-refractivity contribution in [3.63, 3.8) is 0 Å². The number of carbonyl (C=O) groups excluding carboxylic acids is 1. The monoisotopic (exact) mass is 289 g/mol. The van der Waals surface area contributed by atoms with Gasteiger partial charge in [-0.3, -0.25) is 4.79 Å². The normalized spacial score (nSPS) is 10.3. The summed E-state index contributed by atoms with van der Waals surface area (Å²) in [5, 5.41) is 20.5. The van der Waals surface area contributed by atoms with Gasteiger partial charge < -0.3 is 10.8 Å². The molecule has 3 rings (SSSR count). The fourth-order valence-corrected chi connectivity index (χ4v) is 2.46. The van der Waals surface area contributed by atoms with E-state index in [4.69, 9.17) is 5.73 Å². The second kappa shape index (κ2) is 5.19. The van der Waals surface area contributed by atoms with Crippen LogP contribution in [0.25, 0.3) is 21.9 Å². The maximum atomic E-state index is 11.5. The SMILES string of the molecule is N#Cc1nc(C(N)=O)c(O)c2c(-c3ccccc3)cccc12. The van der Waals surface area contributed by atoms with Crippen molar-refractivity contribution in [3.8, 4) is 22.9 Å². The van der Waals surface area contributed by atoms with Gasteiger partial charge in [-0.25, -0.2) is 4.98 Å². The Balaban J connectivity index is 2.48. The van der Waals surface area contributed by atoms with Crippen molar-refractivity contribution in [3.05, 3.63) is 59.9 Å². The number of pyridine rings is 1. The molecule has 0 aliphatic carbocycles. The summed E-state index contributed by atoms with van der Waals surface area (Å²) in [7, 11) is 0. The minimum atomic E-state index is -0.876. The van der Waals surface area contributed by atoms with Crippen molar-refractivity contribution in [1.29, 1.82) is 5.26 Å². The number of hydrogen-bond donors (Lipinski definition) is 2. The van der Waals surface area contributed by atoms with Gasteiger partial charge in [0.05, 0.1) is 0 Å². The number of benzene rings is 2. The van der Waals surface area contributed by atoms with Gasteiger partial charge >= 0.3 is 0 Å². The van der Waals surface area contributed by atoms with Crippen LogP contribution in [0.5, 0.6) is 5.75 Å². The maximum Gasteiger partial charge on any atom is 0.271 e. The van der Waals surface area contributed by atoms with Crippen molar-refractivity contribution in [2.45, 2.75) is 0 Å². The number of nitrogens with two attached hydrogens (primary N) is 1. The topological polar surface area (TPSA) is 100 Å². The summed E-state index contributed by atoms with van der Waals surface area (Å²) in [6, 6.07) is 16.6. The molecule has 5 nitrogen and oxygen atoms in total. The quantitative estimate of drug-likeness (QED) is 0.757. The molecule has 2 aromatic carbocycles. The molecule has 0 saturated carbocycles. The van der Waals surface area contributed by atoms with Crippen LogP contribution in [-0.2, 0) is 0 Å². The first kappa shape index (κ1) is 13.6. The van der Waals surface area contributed by atoms with Gasteiger partial charge in [-0.1, -0.05) is 48.5 Å². The molecule has 0 radical (unpaired) electrons.